The van der Waals surface area contributed by atoms with Gasteiger partial charge in [-0.1, -0.05) is 39.4 Å². The summed E-state index contributed by atoms with van der Waals surface area (Å²) < 4.78 is 0. The van der Waals surface area contributed by atoms with E-state index in [2.05, 4.69) is 26.6 Å². The molecule has 0 aliphatic carbocycles. The van der Waals surface area contributed by atoms with Crippen molar-refractivity contribution in [2.24, 2.45) is 0 Å². The maximum atomic E-state index is 11.4. The van der Waals surface area contributed by atoms with Crippen molar-refractivity contribution in [3.05, 3.63) is 0 Å². The first kappa shape index (κ1) is 10.9. The van der Waals surface area contributed by atoms with Gasteiger partial charge in [-0.25, -0.2) is 0 Å². The third-order valence-corrected chi connectivity index (χ3v) is 3.77. The van der Waals surface area contributed by atoms with Gasteiger partial charge in [-0.15, -0.1) is 0 Å². The minimum absolute atomic E-state index is 0.533. The first-order valence-corrected chi connectivity index (χ1v) is 8.01. The van der Waals surface area contributed by atoms with Crippen LogP contribution in [0.1, 0.15) is 32.6 Å². The average molecular weight is 172 g/mol. The first-order valence-electron chi connectivity index (χ1n) is 4.51. The average Bonchev–Trinajstić information content (AvgIpc) is 1.86. The molecule has 0 aromatic rings. The summed E-state index contributed by atoms with van der Waals surface area (Å²) in [5.74, 6) is 0. The summed E-state index contributed by atoms with van der Waals surface area (Å²) in [4.78, 5) is 11.4. The van der Waals surface area contributed by atoms with Crippen molar-refractivity contribution in [2.75, 3.05) is 0 Å². The molecule has 0 spiro atoms. The van der Waals surface area contributed by atoms with Crippen LogP contribution in [0, 0.1) is 0 Å². The predicted octanol–water partition coefficient (Wildman–Crippen LogP) is 3.01. The highest BCUT2D eigenvalue weighted by molar-refractivity contribution is 7.03. The molecule has 0 radical (unpaired) electrons. The number of carbonyl (C=O) groups is 1. The fourth-order valence-electron chi connectivity index (χ4n) is 0.911. The van der Waals surface area contributed by atoms with Gasteiger partial charge in [0.05, 0.1) is 0 Å². The lowest BCUT2D eigenvalue weighted by Crippen LogP contribution is -2.32. The van der Waals surface area contributed by atoms with Crippen LogP contribution in [0.15, 0.2) is 0 Å². The molecular weight excluding hydrogens is 152 g/mol. The van der Waals surface area contributed by atoms with Crippen molar-refractivity contribution >= 4 is 13.5 Å². The Kier molecular flexibility index (Phi) is 4.65. The molecule has 0 aromatic heterocycles. The van der Waals surface area contributed by atoms with E-state index in [4.69, 9.17) is 0 Å². The minimum Gasteiger partial charge on any atom is -0.305 e. The third kappa shape index (κ3) is 5.19. The second-order valence-electron chi connectivity index (χ2n) is 4.13. The van der Waals surface area contributed by atoms with Crippen LogP contribution in [0.2, 0.25) is 19.6 Å². The second-order valence-corrected chi connectivity index (χ2v) is 9.19. The second kappa shape index (κ2) is 4.70. The van der Waals surface area contributed by atoms with E-state index in [1.807, 2.05) is 0 Å². The Bertz CT molecular complexity index is 124. The van der Waals surface area contributed by atoms with E-state index in [1.165, 1.54) is 12.8 Å². The number of hydrogen-bond acceptors (Lipinski definition) is 1. The highest BCUT2D eigenvalue weighted by Crippen LogP contribution is 2.09. The van der Waals surface area contributed by atoms with Gasteiger partial charge in [0.15, 0.2) is 0 Å². The molecule has 0 saturated heterocycles. The monoisotopic (exact) mass is 172 g/mol. The van der Waals surface area contributed by atoms with E-state index in [1.54, 1.807) is 0 Å². The summed E-state index contributed by atoms with van der Waals surface area (Å²) in [5, 5.41) is 0.533. The zero-order valence-electron chi connectivity index (χ0n) is 8.24. The van der Waals surface area contributed by atoms with Gasteiger partial charge in [-0.2, -0.15) is 0 Å². The Labute approximate surface area is 71.2 Å². The molecule has 0 heterocycles. The van der Waals surface area contributed by atoms with Gasteiger partial charge in [0.1, 0.15) is 13.5 Å². The van der Waals surface area contributed by atoms with Crippen molar-refractivity contribution in [3.8, 4) is 0 Å². The molecule has 0 amide bonds. The van der Waals surface area contributed by atoms with Crippen LogP contribution < -0.4 is 0 Å². The molecule has 0 saturated carbocycles. The van der Waals surface area contributed by atoms with Gasteiger partial charge in [0, 0.05) is 6.42 Å². The van der Waals surface area contributed by atoms with Crippen LogP contribution >= 0.6 is 0 Å². The number of unbranched alkanes of at least 4 members (excludes halogenated alkanes) is 2. The molecule has 2 heteroatoms. The van der Waals surface area contributed by atoms with Gasteiger partial charge in [-0.05, 0) is 6.42 Å². The van der Waals surface area contributed by atoms with Gasteiger partial charge < -0.3 is 4.79 Å². The largest absolute Gasteiger partial charge is 0.305 e. The Morgan fingerprint density at radius 3 is 2.09 bits per heavy atom. The summed E-state index contributed by atoms with van der Waals surface area (Å²) in [6.07, 6.45) is 4.33. The lowest BCUT2D eigenvalue weighted by molar-refractivity contribution is -0.112. The van der Waals surface area contributed by atoms with Gasteiger partial charge in [-0.3, -0.25) is 0 Å². The maximum absolute atomic E-state index is 11.4. The highest BCUT2D eigenvalue weighted by atomic mass is 28.3. The molecule has 0 unspecified atom stereocenters. The molecule has 11 heavy (non-hydrogen) atoms. The van der Waals surface area contributed by atoms with Crippen LogP contribution in [0.5, 0.6) is 0 Å². The SMILES string of the molecule is CCCCCC(=O)[Si](C)(C)C. The molecule has 0 aliphatic heterocycles. The molecule has 1 nitrogen and oxygen atoms in total. The lowest BCUT2D eigenvalue weighted by atomic mass is 10.2. The molecule has 0 N–H and O–H groups in total. The number of carbonyl (C=O) groups excluding carboxylic acids is 1. The van der Waals surface area contributed by atoms with Gasteiger partial charge in [0.25, 0.3) is 0 Å². The predicted molar refractivity (Wildman–Crippen MR) is 52.5 cm³/mol. The minimum atomic E-state index is -1.45. The van der Waals surface area contributed by atoms with E-state index >= 15 is 0 Å². The van der Waals surface area contributed by atoms with E-state index in [9.17, 15) is 4.79 Å². The van der Waals surface area contributed by atoms with Crippen LogP contribution in [0.4, 0.5) is 0 Å². The fraction of sp³-hybridized carbons (Fsp3) is 0.889. The van der Waals surface area contributed by atoms with Crippen molar-refractivity contribution in [1.82, 2.24) is 0 Å². The number of hydrogen-bond donors (Lipinski definition) is 0. The van der Waals surface area contributed by atoms with Gasteiger partial charge >= 0.3 is 0 Å². The topological polar surface area (TPSA) is 17.1 Å². The molecule has 66 valence electrons. The quantitative estimate of drug-likeness (QED) is 0.460. The summed E-state index contributed by atoms with van der Waals surface area (Å²) >= 11 is 0. The van der Waals surface area contributed by atoms with E-state index in [0.717, 1.165) is 12.8 Å². The van der Waals surface area contributed by atoms with E-state index in [-0.39, 0.29) is 0 Å². The Morgan fingerprint density at radius 1 is 1.18 bits per heavy atom. The summed E-state index contributed by atoms with van der Waals surface area (Å²) in [6.45, 7) is 8.54. The smallest absolute Gasteiger partial charge is 0.123 e. The zero-order chi connectivity index (χ0) is 8.91. The Morgan fingerprint density at radius 2 is 1.73 bits per heavy atom. The fourth-order valence-corrected chi connectivity index (χ4v) is 1.84. The standard InChI is InChI=1S/C9H20OSi/c1-5-6-7-8-9(10)11(2,3)4/h5-8H2,1-4H3. The Balaban J connectivity index is 3.54. The molecule has 0 bridgehead atoms. The zero-order valence-corrected chi connectivity index (χ0v) is 9.24. The molecule has 0 rings (SSSR count). The third-order valence-electron chi connectivity index (χ3n) is 1.84. The normalized spacial score (nSPS) is 11.6. The molecular formula is C9H20OSi. The van der Waals surface area contributed by atoms with E-state index in [0.29, 0.717) is 5.41 Å². The maximum Gasteiger partial charge on any atom is 0.123 e. The first-order chi connectivity index (χ1) is 4.98. The van der Waals surface area contributed by atoms with Crippen LogP contribution in [0.25, 0.3) is 0 Å². The van der Waals surface area contributed by atoms with Crippen molar-refractivity contribution in [3.63, 3.8) is 0 Å². The Hall–Kier alpha value is -0.113. The summed E-state index contributed by atoms with van der Waals surface area (Å²) in [5.41, 5.74) is 0. The van der Waals surface area contributed by atoms with Crippen molar-refractivity contribution < 1.29 is 4.79 Å². The highest BCUT2D eigenvalue weighted by Gasteiger charge is 2.22. The van der Waals surface area contributed by atoms with Crippen LogP contribution in [-0.4, -0.2) is 13.5 Å². The molecule has 0 aromatic carbocycles. The summed E-state index contributed by atoms with van der Waals surface area (Å²) in [7, 11) is -1.45. The van der Waals surface area contributed by atoms with Crippen molar-refractivity contribution in [1.29, 1.82) is 0 Å². The molecule has 0 atom stereocenters. The molecule has 0 aliphatic rings. The van der Waals surface area contributed by atoms with Crippen LogP contribution in [-0.2, 0) is 4.79 Å². The lowest BCUT2D eigenvalue weighted by Gasteiger charge is -2.13. The van der Waals surface area contributed by atoms with E-state index < -0.39 is 8.07 Å². The van der Waals surface area contributed by atoms with Crippen LogP contribution in [0.3, 0.4) is 0 Å². The van der Waals surface area contributed by atoms with Crippen molar-refractivity contribution in [2.45, 2.75) is 52.2 Å². The summed E-state index contributed by atoms with van der Waals surface area (Å²) in [6, 6.07) is 0. The molecule has 0 fully saturated rings. The van der Waals surface area contributed by atoms with Gasteiger partial charge in [0.2, 0.25) is 0 Å². The number of rotatable bonds is 5.